The van der Waals surface area contributed by atoms with Gasteiger partial charge in [0.05, 0.1) is 15.8 Å². The fourth-order valence-corrected chi connectivity index (χ4v) is 2.36. The molecule has 21 heavy (non-hydrogen) atoms. The number of hydrogen-bond donors (Lipinski definition) is 2. The number of carbonyl (C=O) groups excluding carboxylic acids is 1. The first kappa shape index (κ1) is 15.1. The number of carboxylic acid groups (broad SMARTS) is 1. The van der Waals surface area contributed by atoms with E-state index in [9.17, 15) is 9.59 Å². The molecule has 2 rings (SSSR count). The van der Waals surface area contributed by atoms with Gasteiger partial charge in [0.1, 0.15) is 0 Å². The number of amides is 1. The third-order valence-corrected chi connectivity index (χ3v) is 3.74. The van der Waals surface area contributed by atoms with Gasteiger partial charge in [-0.25, -0.2) is 9.78 Å². The highest BCUT2D eigenvalue weighted by Gasteiger charge is 2.15. The van der Waals surface area contributed by atoms with Crippen molar-refractivity contribution in [2.45, 2.75) is 17.2 Å². The number of pyridine rings is 1. The first-order valence-corrected chi connectivity index (χ1v) is 7.16. The molecule has 0 saturated carbocycles. The SMILES string of the molecule is CC(Sc1ccc(C(=O)O)cn1)C(=O)Nc1ccccc1. The van der Waals surface area contributed by atoms with Crippen LogP contribution in [0.25, 0.3) is 0 Å². The number of anilines is 1. The monoisotopic (exact) mass is 302 g/mol. The number of aromatic carboxylic acids is 1. The van der Waals surface area contributed by atoms with Crippen LogP contribution in [0, 0.1) is 0 Å². The normalized spacial score (nSPS) is 11.7. The number of benzene rings is 1. The Hall–Kier alpha value is -2.34. The Morgan fingerprint density at radius 2 is 1.90 bits per heavy atom. The van der Waals surface area contributed by atoms with Crippen LogP contribution in [-0.4, -0.2) is 27.2 Å². The summed E-state index contributed by atoms with van der Waals surface area (Å²) in [5, 5.41) is 11.9. The molecular formula is C15H14N2O3S. The summed E-state index contributed by atoms with van der Waals surface area (Å²) in [7, 11) is 0. The molecule has 1 heterocycles. The highest BCUT2D eigenvalue weighted by molar-refractivity contribution is 8.00. The summed E-state index contributed by atoms with van der Waals surface area (Å²) in [4.78, 5) is 26.8. The molecule has 108 valence electrons. The van der Waals surface area contributed by atoms with E-state index in [1.165, 1.54) is 24.0 Å². The Morgan fingerprint density at radius 3 is 2.48 bits per heavy atom. The molecule has 0 fully saturated rings. The van der Waals surface area contributed by atoms with E-state index in [2.05, 4.69) is 10.3 Å². The molecule has 0 saturated heterocycles. The van der Waals surface area contributed by atoms with E-state index >= 15 is 0 Å². The van der Waals surface area contributed by atoms with Crippen LogP contribution >= 0.6 is 11.8 Å². The van der Waals surface area contributed by atoms with Gasteiger partial charge >= 0.3 is 5.97 Å². The molecule has 0 radical (unpaired) electrons. The fourth-order valence-electron chi connectivity index (χ4n) is 1.58. The van der Waals surface area contributed by atoms with Crippen molar-refractivity contribution in [3.05, 3.63) is 54.2 Å². The van der Waals surface area contributed by atoms with Crippen LogP contribution in [0.5, 0.6) is 0 Å². The lowest BCUT2D eigenvalue weighted by atomic mass is 10.3. The molecule has 5 nitrogen and oxygen atoms in total. The average molecular weight is 302 g/mol. The van der Waals surface area contributed by atoms with Crippen molar-refractivity contribution in [1.82, 2.24) is 4.98 Å². The van der Waals surface area contributed by atoms with Crippen molar-refractivity contribution in [3.8, 4) is 0 Å². The maximum atomic E-state index is 12.0. The second kappa shape index (κ2) is 6.90. The summed E-state index contributed by atoms with van der Waals surface area (Å²) < 4.78 is 0. The first-order valence-electron chi connectivity index (χ1n) is 6.28. The minimum absolute atomic E-state index is 0.126. The van der Waals surface area contributed by atoms with Crippen LogP contribution in [-0.2, 0) is 4.79 Å². The topological polar surface area (TPSA) is 79.3 Å². The zero-order valence-corrected chi connectivity index (χ0v) is 12.1. The van der Waals surface area contributed by atoms with E-state index in [1.807, 2.05) is 30.3 Å². The highest BCUT2D eigenvalue weighted by Crippen LogP contribution is 2.22. The Labute approximate surface area is 126 Å². The summed E-state index contributed by atoms with van der Waals surface area (Å²) in [6, 6.07) is 12.3. The maximum Gasteiger partial charge on any atom is 0.337 e. The van der Waals surface area contributed by atoms with Gasteiger partial charge in [-0.05, 0) is 31.2 Å². The Bertz CT molecular complexity index is 629. The third kappa shape index (κ3) is 4.32. The third-order valence-electron chi connectivity index (χ3n) is 2.69. The van der Waals surface area contributed by atoms with Crippen LogP contribution in [0.1, 0.15) is 17.3 Å². The van der Waals surface area contributed by atoms with Crippen LogP contribution < -0.4 is 5.32 Å². The zero-order valence-electron chi connectivity index (χ0n) is 11.3. The number of aromatic nitrogens is 1. The van der Waals surface area contributed by atoms with Gasteiger partial charge in [0.25, 0.3) is 0 Å². The largest absolute Gasteiger partial charge is 0.478 e. The number of carbonyl (C=O) groups is 2. The standard InChI is InChI=1S/C15H14N2O3S/c1-10(14(18)17-12-5-3-2-4-6-12)21-13-8-7-11(9-16-13)15(19)20/h2-10H,1H3,(H,17,18)(H,19,20). The minimum Gasteiger partial charge on any atom is -0.478 e. The lowest BCUT2D eigenvalue weighted by molar-refractivity contribution is -0.115. The molecule has 1 aromatic carbocycles. The van der Waals surface area contributed by atoms with E-state index in [0.717, 1.165) is 5.69 Å². The molecule has 1 aromatic heterocycles. The lowest BCUT2D eigenvalue weighted by Gasteiger charge is -2.11. The van der Waals surface area contributed by atoms with Crippen molar-refractivity contribution < 1.29 is 14.7 Å². The van der Waals surface area contributed by atoms with Crippen molar-refractivity contribution in [1.29, 1.82) is 0 Å². The fraction of sp³-hybridized carbons (Fsp3) is 0.133. The molecule has 0 aliphatic rings. The number of nitrogens with zero attached hydrogens (tertiary/aromatic N) is 1. The van der Waals surface area contributed by atoms with Crippen molar-refractivity contribution >= 4 is 29.3 Å². The number of para-hydroxylation sites is 1. The predicted octanol–water partition coefficient (Wildman–Crippen LogP) is 2.90. The van der Waals surface area contributed by atoms with Gasteiger partial charge in [0, 0.05) is 11.9 Å². The number of thioether (sulfide) groups is 1. The van der Waals surface area contributed by atoms with Crippen molar-refractivity contribution in [2.24, 2.45) is 0 Å². The Balaban J connectivity index is 1.95. The number of hydrogen-bond acceptors (Lipinski definition) is 4. The summed E-state index contributed by atoms with van der Waals surface area (Å²) in [5.74, 6) is -1.15. The van der Waals surface area contributed by atoms with Gasteiger partial charge < -0.3 is 10.4 Å². The molecule has 1 amide bonds. The van der Waals surface area contributed by atoms with Gasteiger partial charge in [-0.3, -0.25) is 4.79 Å². The molecule has 0 bridgehead atoms. The molecule has 0 aliphatic carbocycles. The summed E-state index contributed by atoms with van der Waals surface area (Å²) in [5.41, 5.74) is 0.866. The predicted molar refractivity (Wildman–Crippen MR) is 81.6 cm³/mol. The minimum atomic E-state index is -1.02. The Kier molecular flexibility index (Phi) is 4.94. The molecular weight excluding hydrogens is 288 g/mol. The molecule has 1 unspecified atom stereocenters. The second-order valence-electron chi connectivity index (χ2n) is 4.31. The number of carboxylic acids is 1. The van der Waals surface area contributed by atoms with Crippen molar-refractivity contribution in [3.63, 3.8) is 0 Å². The molecule has 1 atom stereocenters. The number of rotatable bonds is 5. The summed E-state index contributed by atoms with van der Waals surface area (Å²) in [6.07, 6.45) is 1.28. The smallest absolute Gasteiger partial charge is 0.337 e. The number of nitrogens with one attached hydrogen (secondary N) is 1. The van der Waals surface area contributed by atoms with Crippen LogP contribution in [0.15, 0.2) is 53.7 Å². The highest BCUT2D eigenvalue weighted by atomic mass is 32.2. The van der Waals surface area contributed by atoms with E-state index in [-0.39, 0.29) is 16.7 Å². The molecule has 0 aliphatic heterocycles. The van der Waals surface area contributed by atoms with Crippen LogP contribution in [0.4, 0.5) is 5.69 Å². The van der Waals surface area contributed by atoms with E-state index < -0.39 is 5.97 Å². The maximum absolute atomic E-state index is 12.0. The summed E-state index contributed by atoms with van der Waals surface area (Å²) >= 11 is 1.28. The van der Waals surface area contributed by atoms with Gasteiger partial charge in [-0.15, -0.1) is 0 Å². The van der Waals surface area contributed by atoms with Gasteiger partial charge in [0.2, 0.25) is 5.91 Å². The second-order valence-corrected chi connectivity index (χ2v) is 5.67. The van der Waals surface area contributed by atoms with Gasteiger partial charge in [-0.2, -0.15) is 0 Å². The van der Waals surface area contributed by atoms with E-state index in [1.54, 1.807) is 13.0 Å². The van der Waals surface area contributed by atoms with E-state index in [4.69, 9.17) is 5.11 Å². The molecule has 6 heteroatoms. The van der Waals surface area contributed by atoms with Crippen LogP contribution in [0.2, 0.25) is 0 Å². The first-order chi connectivity index (χ1) is 10.1. The molecule has 0 spiro atoms. The average Bonchev–Trinajstić information content (AvgIpc) is 2.48. The lowest BCUT2D eigenvalue weighted by Crippen LogP contribution is -2.22. The van der Waals surface area contributed by atoms with Gasteiger partial charge in [-0.1, -0.05) is 30.0 Å². The Morgan fingerprint density at radius 1 is 1.19 bits per heavy atom. The van der Waals surface area contributed by atoms with Crippen molar-refractivity contribution in [2.75, 3.05) is 5.32 Å². The van der Waals surface area contributed by atoms with Gasteiger partial charge in [0.15, 0.2) is 0 Å². The zero-order chi connectivity index (χ0) is 15.2. The molecule has 2 N–H and O–H groups in total. The summed E-state index contributed by atoms with van der Waals surface area (Å²) in [6.45, 7) is 1.77. The quantitative estimate of drug-likeness (QED) is 0.830. The van der Waals surface area contributed by atoms with Crippen LogP contribution in [0.3, 0.4) is 0 Å². The molecule has 2 aromatic rings. The van der Waals surface area contributed by atoms with E-state index in [0.29, 0.717) is 5.03 Å².